The molecule has 0 heterocycles. The van der Waals surface area contributed by atoms with E-state index in [9.17, 15) is 14.4 Å². The fourth-order valence-corrected chi connectivity index (χ4v) is 8.98. The first-order valence-electron chi connectivity index (χ1n) is 30.6. The van der Waals surface area contributed by atoms with Gasteiger partial charge in [-0.15, -0.1) is 0 Å². The van der Waals surface area contributed by atoms with Crippen LogP contribution in [0.3, 0.4) is 0 Å². The maximum atomic E-state index is 12.8. The van der Waals surface area contributed by atoms with Crippen molar-refractivity contribution in [3.63, 3.8) is 0 Å². The van der Waals surface area contributed by atoms with Gasteiger partial charge in [0.05, 0.1) is 0 Å². The number of hydrogen-bond acceptors (Lipinski definition) is 6. The Kier molecular flexibility index (Phi) is 56.7. The lowest BCUT2D eigenvalue weighted by Crippen LogP contribution is -2.30. The average molecular weight is 982 g/mol. The van der Waals surface area contributed by atoms with Crippen LogP contribution in [0.5, 0.6) is 0 Å². The Morgan fingerprint density at radius 3 is 0.900 bits per heavy atom. The molecule has 1 unspecified atom stereocenters. The first-order valence-corrected chi connectivity index (χ1v) is 30.6. The Morgan fingerprint density at radius 1 is 0.300 bits per heavy atom. The second-order valence-corrected chi connectivity index (χ2v) is 20.6. The number of esters is 3. The number of carbonyl (C=O) groups excluding carboxylic acids is 3. The molecule has 0 saturated heterocycles. The maximum absolute atomic E-state index is 12.8. The molecule has 0 bridgehead atoms. The van der Waals surface area contributed by atoms with E-state index in [4.69, 9.17) is 14.2 Å². The predicted molar refractivity (Wildman–Crippen MR) is 302 cm³/mol. The van der Waals surface area contributed by atoms with Gasteiger partial charge in [-0.2, -0.15) is 0 Å². The Labute approximate surface area is 435 Å². The van der Waals surface area contributed by atoms with Crippen molar-refractivity contribution in [2.75, 3.05) is 13.2 Å². The third-order valence-corrected chi connectivity index (χ3v) is 13.6. The van der Waals surface area contributed by atoms with Crippen LogP contribution in [0.25, 0.3) is 0 Å². The van der Waals surface area contributed by atoms with Crippen LogP contribution in [-0.4, -0.2) is 37.2 Å². The molecule has 70 heavy (non-hydrogen) atoms. The fourth-order valence-electron chi connectivity index (χ4n) is 8.98. The Bertz CT molecular complexity index is 1220. The summed E-state index contributed by atoms with van der Waals surface area (Å²) in [5.74, 6) is -0.893. The lowest BCUT2D eigenvalue weighted by Gasteiger charge is -2.18. The second-order valence-electron chi connectivity index (χ2n) is 20.6. The van der Waals surface area contributed by atoms with Crippen molar-refractivity contribution in [3.8, 4) is 0 Å². The normalized spacial score (nSPS) is 12.3. The minimum atomic E-state index is -0.782. The van der Waals surface area contributed by atoms with E-state index in [1.165, 1.54) is 199 Å². The van der Waals surface area contributed by atoms with Gasteiger partial charge in [-0.3, -0.25) is 14.4 Å². The quantitative estimate of drug-likeness (QED) is 0.0261. The van der Waals surface area contributed by atoms with Gasteiger partial charge in [0.1, 0.15) is 13.2 Å². The number of hydrogen-bond donors (Lipinski definition) is 0. The topological polar surface area (TPSA) is 78.9 Å². The minimum Gasteiger partial charge on any atom is -0.462 e. The van der Waals surface area contributed by atoms with Crippen LogP contribution in [0.4, 0.5) is 0 Å². The van der Waals surface area contributed by atoms with Crippen LogP contribution in [-0.2, 0) is 28.6 Å². The van der Waals surface area contributed by atoms with Crippen molar-refractivity contribution >= 4 is 17.9 Å². The van der Waals surface area contributed by atoms with E-state index in [1.54, 1.807) is 0 Å². The highest BCUT2D eigenvalue weighted by Crippen LogP contribution is 2.17. The summed E-state index contributed by atoms with van der Waals surface area (Å²) in [6.45, 7) is 6.54. The lowest BCUT2D eigenvalue weighted by molar-refractivity contribution is -0.167. The smallest absolute Gasteiger partial charge is 0.306 e. The lowest BCUT2D eigenvalue weighted by atomic mass is 10.0. The van der Waals surface area contributed by atoms with Crippen molar-refractivity contribution in [2.24, 2.45) is 0 Å². The van der Waals surface area contributed by atoms with Crippen molar-refractivity contribution in [1.29, 1.82) is 0 Å². The largest absolute Gasteiger partial charge is 0.462 e. The van der Waals surface area contributed by atoms with Gasteiger partial charge in [0.25, 0.3) is 0 Å². The van der Waals surface area contributed by atoms with Gasteiger partial charge in [0.2, 0.25) is 0 Å². The van der Waals surface area contributed by atoms with Crippen LogP contribution in [0.15, 0.2) is 48.6 Å². The molecular formula is C64H116O6. The van der Waals surface area contributed by atoms with Gasteiger partial charge >= 0.3 is 17.9 Å². The van der Waals surface area contributed by atoms with E-state index < -0.39 is 6.10 Å². The van der Waals surface area contributed by atoms with Gasteiger partial charge in [0.15, 0.2) is 6.10 Å². The maximum Gasteiger partial charge on any atom is 0.306 e. The zero-order valence-corrected chi connectivity index (χ0v) is 46.8. The molecule has 0 aliphatic rings. The van der Waals surface area contributed by atoms with Gasteiger partial charge in [-0.1, -0.05) is 275 Å². The van der Waals surface area contributed by atoms with Crippen LogP contribution >= 0.6 is 0 Å². The summed E-state index contributed by atoms with van der Waals surface area (Å²) in [5.41, 5.74) is 0. The standard InChI is InChI=1S/C64H116O6/c1-4-7-10-13-16-19-22-25-27-28-29-30-31-32-33-34-35-36-37-40-42-45-48-51-54-57-63(66)69-60-61(59-68-62(65)56-53-50-47-44-41-38-24-21-18-15-12-9-6-3)70-64(67)58-55-52-49-46-43-39-26-23-20-17-14-11-8-5-2/h9,12,18,21,28-29,38,41,61H,4-8,10-11,13-17,19-20,22-27,30-37,39-40,42-60H2,1-3H3/b12-9-,21-18-,29-28-,41-38-. The highest BCUT2D eigenvalue weighted by molar-refractivity contribution is 5.71. The Morgan fingerprint density at radius 2 is 0.557 bits per heavy atom. The average Bonchev–Trinajstić information content (AvgIpc) is 3.36. The molecule has 0 aromatic rings. The third kappa shape index (κ3) is 56.3. The number of allylic oxidation sites excluding steroid dienone is 8. The summed E-state index contributed by atoms with van der Waals surface area (Å²) in [6.07, 6.45) is 72.7. The molecule has 6 heteroatoms. The molecule has 0 aliphatic carbocycles. The molecular weight excluding hydrogens is 865 g/mol. The van der Waals surface area contributed by atoms with Gasteiger partial charge in [-0.25, -0.2) is 0 Å². The first-order chi connectivity index (χ1) is 34.5. The highest BCUT2D eigenvalue weighted by atomic mass is 16.6. The zero-order chi connectivity index (χ0) is 50.7. The van der Waals surface area contributed by atoms with E-state index >= 15 is 0 Å². The zero-order valence-electron chi connectivity index (χ0n) is 46.8. The van der Waals surface area contributed by atoms with Crippen LogP contribution < -0.4 is 0 Å². The van der Waals surface area contributed by atoms with Gasteiger partial charge < -0.3 is 14.2 Å². The molecule has 0 aromatic carbocycles. The van der Waals surface area contributed by atoms with Crippen molar-refractivity contribution in [1.82, 2.24) is 0 Å². The summed E-state index contributed by atoms with van der Waals surface area (Å²) in [7, 11) is 0. The molecule has 0 aromatic heterocycles. The van der Waals surface area contributed by atoms with Crippen molar-refractivity contribution in [2.45, 2.75) is 329 Å². The molecule has 0 spiro atoms. The molecule has 0 amide bonds. The molecule has 0 rings (SSSR count). The summed E-state index contributed by atoms with van der Waals surface area (Å²) >= 11 is 0. The summed E-state index contributed by atoms with van der Waals surface area (Å²) in [4.78, 5) is 38.2. The molecule has 1 atom stereocenters. The van der Waals surface area contributed by atoms with E-state index in [0.29, 0.717) is 19.3 Å². The summed E-state index contributed by atoms with van der Waals surface area (Å²) in [5, 5.41) is 0. The molecule has 0 saturated carbocycles. The van der Waals surface area contributed by atoms with Crippen LogP contribution in [0, 0.1) is 0 Å². The number of rotatable bonds is 56. The molecule has 0 fully saturated rings. The Balaban J connectivity index is 4.24. The molecule has 0 aliphatic heterocycles. The molecule has 0 N–H and O–H groups in total. The Hall–Kier alpha value is -2.63. The SMILES string of the molecule is CC/C=C\C/C=C\C/C=C\CCCCCC(=O)OCC(COC(=O)CCCCCCCCCCCCCCC/C=C\CCCCCCCCCC)OC(=O)CCCCCCCCCCCCCCCC. The van der Waals surface area contributed by atoms with Crippen molar-refractivity contribution in [3.05, 3.63) is 48.6 Å². The van der Waals surface area contributed by atoms with E-state index in [-0.39, 0.29) is 31.1 Å². The molecule has 408 valence electrons. The van der Waals surface area contributed by atoms with Gasteiger partial charge in [-0.05, 0) is 77.0 Å². The third-order valence-electron chi connectivity index (χ3n) is 13.6. The summed E-state index contributed by atoms with van der Waals surface area (Å²) < 4.78 is 16.9. The van der Waals surface area contributed by atoms with Crippen LogP contribution in [0.2, 0.25) is 0 Å². The molecule has 0 radical (unpaired) electrons. The minimum absolute atomic E-state index is 0.0790. The van der Waals surface area contributed by atoms with E-state index in [1.807, 2.05) is 0 Å². The first kappa shape index (κ1) is 67.4. The van der Waals surface area contributed by atoms with Crippen molar-refractivity contribution < 1.29 is 28.6 Å². The number of carbonyl (C=O) groups is 3. The van der Waals surface area contributed by atoms with E-state index in [2.05, 4.69) is 69.4 Å². The number of unbranched alkanes of at least 4 members (excludes halogenated alkanes) is 37. The predicted octanol–water partition coefficient (Wildman–Crippen LogP) is 20.6. The fraction of sp³-hybridized carbons (Fsp3) is 0.828. The molecule has 6 nitrogen and oxygen atoms in total. The van der Waals surface area contributed by atoms with Gasteiger partial charge in [0, 0.05) is 19.3 Å². The summed E-state index contributed by atoms with van der Waals surface area (Å²) in [6, 6.07) is 0. The number of ether oxygens (including phenoxy) is 3. The highest BCUT2D eigenvalue weighted by Gasteiger charge is 2.19. The van der Waals surface area contributed by atoms with E-state index in [0.717, 1.165) is 83.5 Å². The van der Waals surface area contributed by atoms with Crippen LogP contribution in [0.1, 0.15) is 323 Å². The monoisotopic (exact) mass is 981 g/mol. The second kappa shape index (κ2) is 58.9.